The molecular formula is C12H20N8O. The van der Waals surface area contributed by atoms with Crippen LogP contribution in [-0.2, 0) is 4.74 Å². The second-order valence-corrected chi connectivity index (χ2v) is 4.28. The summed E-state index contributed by atoms with van der Waals surface area (Å²) in [7, 11) is 1.70. The number of nitrogens with one attached hydrogen (secondary N) is 2. The van der Waals surface area contributed by atoms with Crippen molar-refractivity contribution in [3.8, 4) is 5.95 Å². The molecule has 0 atom stereocenters. The van der Waals surface area contributed by atoms with Gasteiger partial charge in [-0.1, -0.05) is 0 Å². The zero-order valence-electron chi connectivity index (χ0n) is 12.3. The van der Waals surface area contributed by atoms with Crippen molar-refractivity contribution in [1.82, 2.24) is 29.7 Å². The summed E-state index contributed by atoms with van der Waals surface area (Å²) in [6.07, 6.45) is 4.96. The largest absolute Gasteiger partial charge is 0.385 e. The van der Waals surface area contributed by atoms with Crippen molar-refractivity contribution in [2.75, 3.05) is 37.4 Å². The van der Waals surface area contributed by atoms with Gasteiger partial charge in [0.15, 0.2) is 0 Å². The average molecular weight is 292 g/mol. The molecule has 0 radical (unpaired) electrons. The van der Waals surface area contributed by atoms with Gasteiger partial charge in [-0.25, -0.2) is 4.98 Å². The van der Waals surface area contributed by atoms with Crippen LogP contribution < -0.4 is 10.6 Å². The Bertz CT molecular complexity index is 530. The van der Waals surface area contributed by atoms with Gasteiger partial charge in [-0.3, -0.25) is 0 Å². The van der Waals surface area contributed by atoms with Crippen LogP contribution in [-0.4, -0.2) is 56.5 Å². The quantitative estimate of drug-likeness (QED) is 0.652. The molecule has 9 heteroatoms. The molecule has 2 N–H and O–H groups in total. The molecule has 0 fully saturated rings. The Labute approximate surface area is 123 Å². The third-order valence-corrected chi connectivity index (χ3v) is 2.64. The number of rotatable bonds is 9. The third kappa shape index (κ3) is 4.63. The first-order chi connectivity index (χ1) is 10.3. The molecule has 114 valence electrons. The summed E-state index contributed by atoms with van der Waals surface area (Å²) in [5.74, 6) is 1.46. The number of methoxy groups -OCH3 is 1. The zero-order valence-corrected chi connectivity index (χ0v) is 12.3. The van der Waals surface area contributed by atoms with E-state index >= 15 is 0 Å². The molecule has 0 saturated carbocycles. The maximum absolute atomic E-state index is 5.02. The number of anilines is 2. The van der Waals surface area contributed by atoms with Crippen LogP contribution in [0.15, 0.2) is 12.7 Å². The lowest BCUT2D eigenvalue weighted by atomic mass is 10.3. The summed E-state index contributed by atoms with van der Waals surface area (Å²) in [4.78, 5) is 16.8. The van der Waals surface area contributed by atoms with Crippen LogP contribution in [0.4, 0.5) is 11.9 Å². The molecule has 0 unspecified atom stereocenters. The van der Waals surface area contributed by atoms with Crippen LogP contribution >= 0.6 is 0 Å². The van der Waals surface area contributed by atoms with E-state index in [1.807, 2.05) is 6.92 Å². The highest BCUT2D eigenvalue weighted by atomic mass is 16.5. The third-order valence-electron chi connectivity index (χ3n) is 2.64. The fourth-order valence-electron chi connectivity index (χ4n) is 1.67. The Hall–Kier alpha value is -2.29. The van der Waals surface area contributed by atoms with Gasteiger partial charge in [-0.15, -0.1) is 0 Å². The molecule has 2 heterocycles. The molecule has 0 aromatic carbocycles. The van der Waals surface area contributed by atoms with Crippen LogP contribution in [0.3, 0.4) is 0 Å². The van der Waals surface area contributed by atoms with Gasteiger partial charge in [0.2, 0.25) is 11.9 Å². The summed E-state index contributed by atoms with van der Waals surface area (Å²) in [5, 5.41) is 10.3. The van der Waals surface area contributed by atoms with E-state index in [9.17, 15) is 0 Å². The van der Waals surface area contributed by atoms with E-state index in [4.69, 9.17) is 4.74 Å². The van der Waals surface area contributed by atoms with Crippen molar-refractivity contribution in [2.45, 2.75) is 19.8 Å². The Morgan fingerprint density at radius 3 is 2.62 bits per heavy atom. The van der Waals surface area contributed by atoms with Crippen LogP contribution in [0.5, 0.6) is 0 Å². The van der Waals surface area contributed by atoms with Gasteiger partial charge in [-0.2, -0.15) is 24.7 Å². The first-order valence-corrected chi connectivity index (χ1v) is 6.91. The monoisotopic (exact) mass is 292 g/mol. The number of unbranched alkanes of at least 4 members (excludes halogenated alkanes) is 1. The summed E-state index contributed by atoms with van der Waals surface area (Å²) in [5.41, 5.74) is 0. The molecule has 2 aromatic rings. The second-order valence-electron chi connectivity index (χ2n) is 4.28. The van der Waals surface area contributed by atoms with Gasteiger partial charge in [0, 0.05) is 26.8 Å². The van der Waals surface area contributed by atoms with Crippen molar-refractivity contribution >= 4 is 11.9 Å². The fourth-order valence-corrected chi connectivity index (χ4v) is 1.67. The Kier molecular flexibility index (Phi) is 5.83. The maximum Gasteiger partial charge on any atom is 0.258 e. The lowest BCUT2D eigenvalue weighted by Crippen LogP contribution is -2.13. The summed E-state index contributed by atoms with van der Waals surface area (Å²) >= 11 is 0. The lowest BCUT2D eigenvalue weighted by Gasteiger charge is -2.09. The molecule has 0 amide bonds. The van der Waals surface area contributed by atoms with Gasteiger partial charge >= 0.3 is 0 Å². The number of nitrogens with zero attached hydrogens (tertiary/aromatic N) is 6. The molecule has 0 aliphatic rings. The van der Waals surface area contributed by atoms with Gasteiger partial charge in [0.05, 0.1) is 0 Å². The maximum atomic E-state index is 5.02. The van der Waals surface area contributed by atoms with Gasteiger partial charge in [-0.05, 0) is 19.8 Å². The van der Waals surface area contributed by atoms with E-state index in [1.54, 1.807) is 13.4 Å². The van der Waals surface area contributed by atoms with Gasteiger partial charge in [0.25, 0.3) is 5.95 Å². The molecule has 0 aliphatic carbocycles. The lowest BCUT2D eigenvalue weighted by molar-refractivity contribution is 0.193. The molecule has 0 bridgehead atoms. The standard InChI is InChI=1S/C12H20N8O/c1-3-14-10-17-11(15-6-4-5-7-21-2)19-12(18-10)20-9-13-8-16-20/h8-9H,3-7H2,1-2H3,(H2,14,15,17,18,19). The first-order valence-electron chi connectivity index (χ1n) is 6.91. The van der Waals surface area contributed by atoms with Crippen molar-refractivity contribution in [3.05, 3.63) is 12.7 Å². The highest BCUT2D eigenvalue weighted by molar-refractivity contribution is 5.37. The van der Waals surface area contributed by atoms with Crippen LogP contribution in [0, 0.1) is 0 Å². The highest BCUT2D eigenvalue weighted by Crippen LogP contribution is 2.08. The molecule has 0 spiro atoms. The van der Waals surface area contributed by atoms with E-state index in [2.05, 4.69) is 35.7 Å². The molecule has 0 saturated heterocycles. The molecular weight excluding hydrogens is 272 g/mol. The minimum atomic E-state index is 0.429. The fraction of sp³-hybridized carbons (Fsp3) is 0.583. The normalized spacial score (nSPS) is 10.6. The number of hydrogen-bond donors (Lipinski definition) is 2. The van der Waals surface area contributed by atoms with Gasteiger partial charge in [0.1, 0.15) is 12.7 Å². The average Bonchev–Trinajstić information content (AvgIpc) is 3.01. The Morgan fingerprint density at radius 1 is 1.14 bits per heavy atom. The second kappa shape index (κ2) is 8.10. The van der Waals surface area contributed by atoms with Crippen LogP contribution in [0.2, 0.25) is 0 Å². The Morgan fingerprint density at radius 2 is 1.95 bits per heavy atom. The number of hydrogen-bond acceptors (Lipinski definition) is 8. The summed E-state index contributed by atoms with van der Waals surface area (Å²) in [6, 6.07) is 0. The van der Waals surface area contributed by atoms with Crippen LogP contribution in [0.1, 0.15) is 19.8 Å². The van der Waals surface area contributed by atoms with Crippen molar-refractivity contribution in [2.24, 2.45) is 0 Å². The number of aromatic nitrogens is 6. The molecule has 0 aliphatic heterocycles. The molecule has 2 rings (SSSR count). The van der Waals surface area contributed by atoms with Crippen molar-refractivity contribution < 1.29 is 4.74 Å². The SMILES string of the molecule is CCNc1nc(NCCCCOC)nc(-n2cncn2)n1. The predicted molar refractivity (Wildman–Crippen MR) is 78.5 cm³/mol. The number of ether oxygens (including phenoxy) is 1. The topological polar surface area (TPSA) is 103 Å². The molecule has 2 aromatic heterocycles. The zero-order chi connectivity index (χ0) is 14.9. The minimum Gasteiger partial charge on any atom is -0.385 e. The van der Waals surface area contributed by atoms with Gasteiger partial charge < -0.3 is 15.4 Å². The van der Waals surface area contributed by atoms with E-state index in [-0.39, 0.29) is 0 Å². The van der Waals surface area contributed by atoms with E-state index in [0.717, 1.165) is 32.5 Å². The first kappa shape index (κ1) is 15.1. The molecule has 9 nitrogen and oxygen atoms in total. The van der Waals surface area contributed by atoms with Crippen molar-refractivity contribution in [1.29, 1.82) is 0 Å². The minimum absolute atomic E-state index is 0.429. The van der Waals surface area contributed by atoms with E-state index in [1.165, 1.54) is 11.0 Å². The predicted octanol–water partition coefficient (Wildman–Crippen LogP) is 0.723. The smallest absolute Gasteiger partial charge is 0.258 e. The summed E-state index contributed by atoms with van der Waals surface area (Å²) in [6.45, 7) is 4.24. The van der Waals surface area contributed by atoms with Crippen molar-refractivity contribution in [3.63, 3.8) is 0 Å². The highest BCUT2D eigenvalue weighted by Gasteiger charge is 2.08. The van der Waals surface area contributed by atoms with E-state index in [0.29, 0.717) is 17.8 Å². The Balaban J connectivity index is 2.05. The summed E-state index contributed by atoms with van der Waals surface area (Å²) < 4.78 is 6.51. The van der Waals surface area contributed by atoms with Crippen LogP contribution in [0.25, 0.3) is 5.95 Å². The molecule has 21 heavy (non-hydrogen) atoms. The van der Waals surface area contributed by atoms with E-state index < -0.39 is 0 Å².